The van der Waals surface area contributed by atoms with Gasteiger partial charge < -0.3 is 29.1 Å². The Labute approximate surface area is 151 Å². The van der Waals surface area contributed by atoms with Crippen LogP contribution in [0.3, 0.4) is 0 Å². The lowest BCUT2D eigenvalue weighted by atomic mass is 10.1. The number of carbonyl (C=O) groups is 1. The highest BCUT2D eigenvalue weighted by molar-refractivity contribution is 5.90. The highest BCUT2D eigenvalue weighted by Gasteiger charge is 2.25. The van der Waals surface area contributed by atoms with Gasteiger partial charge in [0.1, 0.15) is 38.5 Å². The molecule has 1 aromatic carbocycles. The Morgan fingerprint density at radius 1 is 1.12 bits per heavy atom. The molecule has 2 aliphatic heterocycles. The Hall–Kier alpha value is -2.58. The molecular formula is C18H24N4O4+2. The molecule has 138 valence electrons. The molecule has 2 aromatic rings. The second-order valence-electron chi connectivity index (χ2n) is 6.91. The van der Waals surface area contributed by atoms with E-state index in [1.807, 2.05) is 6.07 Å². The van der Waals surface area contributed by atoms with Gasteiger partial charge in [0.15, 0.2) is 23.9 Å². The number of aryl methyl sites for hydroxylation is 1. The van der Waals surface area contributed by atoms with Gasteiger partial charge in [0.2, 0.25) is 6.79 Å². The molecule has 4 rings (SSSR count). The van der Waals surface area contributed by atoms with Crippen molar-refractivity contribution < 1.29 is 28.6 Å². The molecule has 3 heterocycles. The third kappa shape index (κ3) is 3.97. The molecule has 8 heteroatoms. The molecule has 0 saturated carbocycles. The van der Waals surface area contributed by atoms with Crippen LogP contribution in [0.25, 0.3) is 0 Å². The molecule has 0 aliphatic carbocycles. The van der Waals surface area contributed by atoms with E-state index in [1.165, 1.54) is 15.4 Å². The SMILES string of the molecule is Cc1cc(NC(=O)C[NH+]2CC[NH+](Cc3ccc4c(c3)OCO4)CC2)no1. The molecule has 0 unspecified atom stereocenters. The number of nitrogens with one attached hydrogen (secondary N) is 3. The predicted octanol–water partition coefficient (Wildman–Crippen LogP) is -1.37. The number of benzene rings is 1. The van der Waals surface area contributed by atoms with E-state index < -0.39 is 0 Å². The summed E-state index contributed by atoms with van der Waals surface area (Å²) in [6, 6.07) is 7.88. The quantitative estimate of drug-likeness (QED) is 0.613. The van der Waals surface area contributed by atoms with Crippen LogP contribution in [0.15, 0.2) is 28.8 Å². The van der Waals surface area contributed by atoms with Gasteiger partial charge in [0.05, 0.1) is 0 Å². The molecule has 8 nitrogen and oxygen atoms in total. The maximum Gasteiger partial charge on any atom is 0.280 e. The largest absolute Gasteiger partial charge is 0.454 e. The summed E-state index contributed by atoms with van der Waals surface area (Å²) in [4.78, 5) is 15.0. The zero-order valence-electron chi connectivity index (χ0n) is 14.8. The van der Waals surface area contributed by atoms with E-state index in [1.54, 1.807) is 13.0 Å². The van der Waals surface area contributed by atoms with Gasteiger partial charge in [-0.3, -0.25) is 4.79 Å². The summed E-state index contributed by atoms with van der Waals surface area (Å²) in [5.74, 6) is 2.82. The molecule has 0 bridgehead atoms. The molecule has 1 amide bonds. The lowest BCUT2D eigenvalue weighted by Gasteiger charge is -2.29. The molecular weight excluding hydrogens is 336 g/mol. The number of fused-ring (bicyclic) bond motifs is 1. The topological polar surface area (TPSA) is 82.5 Å². The van der Waals surface area contributed by atoms with Crippen LogP contribution in [0.5, 0.6) is 11.5 Å². The first-order valence-corrected chi connectivity index (χ1v) is 8.94. The Balaban J connectivity index is 1.23. The number of amides is 1. The number of quaternary nitrogens is 2. The van der Waals surface area contributed by atoms with E-state index in [-0.39, 0.29) is 5.91 Å². The van der Waals surface area contributed by atoms with Crippen molar-refractivity contribution in [2.45, 2.75) is 13.5 Å². The zero-order chi connectivity index (χ0) is 17.9. The van der Waals surface area contributed by atoms with E-state index in [0.717, 1.165) is 44.2 Å². The average molecular weight is 360 g/mol. The summed E-state index contributed by atoms with van der Waals surface area (Å²) >= 11 is 0. The Bertz CT molecular complexity index is 783. The van der Waals surface area contributed by atoms with Crippen LogP contribution in [-0.4, -0.2) is 50.6 Å². The average Bonchev–Trinajstić information content (AvgIpc) is 3.25. The fraction of sp³-hybridized carbons (Fsp3) is 0.444. The van der Waals surface area contributed by atoms with Crippen LogP contribution in [0.1, 0.15) is 11.3 Å². The van der Waals surface area contributed by atoms with Crippen molar-refractivity contribution in [1.82, 2.24) is 5.16 Å². The van der Waals surface area contributed by atoms with Gasteiger partial charge in [0.25, 0.3) is 5.91 Å². The first-order valence-electron chi connectivity index (χ1n) is 8.94. The van der Waals surface area contributed by atoms with E-state index in [0.29, 0.717) is 24.9 Å². The number of carbonyl (C=O) groups excluding carboxylic acids is 1. The van der Waals surface area contributed by atoms with E-state index in [4.69, 9.17) is 14.0 Å². The van der Waals surface area contributed by atoms with Gasteiger partial charge in [-0.05, 0) is 25.1 Å². The summed E-state index contributed by atoms with van der Waals surface area (Å²) in [5.41, 5.74) is 1.26. The fourth-order valence-electron chi connectivity index (χ4n) is 3.49. The minimum Gasteiger partial charge on any atom is -0.454 e. The number of aromatic nitrogens is 1. The van der Waals surface area contributed by atoms with Crippen LogP contribution < -0.4 is 24.6 Å². The second kappa shape index (κ2) is 7.35. The Morgan fingerprint density at radius 2 is 1.88 bits per heavy atom. The highest BCUT2D eigenvalue weighted by atomic mass is 16.7. The van der Waals surface area contributed by atoms with Gasteiger partial charge in [-0.25, -0.2) is 0 Å². The summed E-state index contributed by atoms with van der Waals surface area (Å²) < 4.78 is 15.8. The molecule has 2 aliphatic rings. The van der Waals surface area contributed by atoms with Gasteiger partial charge >= 0.3 is 0 Å². The molecule has 0 atom stereocenters. The monoisotopic (exact) mass is 360 g/mol. The minimum atomic E-state index is -0.0208. The molecule has 3 N–H and O–H groups in total. The molecule has 1 aromatic heterocycles. The standard InChI is InChI=1S/C18H22N4O4/c1-13-8-17(20-26-13)19-18(23)11-22-6-4-21(5-7-22)10-14-2-3-15-16(9-14)25-12-24-15/h2-3,8-9H,4-7,10-12H2,1H3,(H,19,20,23)/p+2. The number of ether oxygens (including phenoxy) is 2. The summed E-state index contributed by atoms with van der Waals surface area (Å²) in [6.45, 7) is 7.58. The molecule has 1 saturated heterocycles. The summed E-state index contributed by atoms with van der Waals surface area (Å²) in [5, 5.41) is 6.58. The molecule has 0 spiro atoms. The van der Waals surface area contributed by atoms with Crippen molar-refractivity contribution in [3.63, 3.8) is 0 Å². The van der Waals surface area contributed by atoms with Gasteiger partial charge in [0, 0.05) is 11.6 Å². The number of rotatable bonds is 5. The Kier molecular flexibility index (Phi) is 4.77. The normalized spacial score (nSPS) is 21.6. The number of nitrogens with zero attached hydrogens (tertiary/aromatic N) is 1. The van der Waals surface area contributed by atoms with E-state index in [2.05, 4.69) is 22.6 Å². The smallest absolute Gasteiger partial charge is 0.280 e. The fourth-order valence-corrected chi connectivity index (χ4v) is 3.49. The minimum absolute atomic E-state index is 0.0208. The molecule has 1 fully saturated rings. The lowest BCUT2D eigenvalue weighted by Crippen LogP contribution is -3.28. The number of hydrogen-bond donors (Lipinski definition) is 3. The maximum absolute atomic E-state index is 12.1. The summed E-state index contributed by atoms with van der Waals surface area (Å²) in [6.07, 6.45) is 0. The van der Waals surface area contributed by atoms with E-state index >= 15 is 0 Å². The number of anilines is 1. The highest BCUT2D eigenvalue weighted by Crippen LogP contribution is 2.32. The summed E-state index contributed by atoms with van der Waals surface area (Å²) in [7, 11) is 0. The van der Waals surface area contributed by atoms with Crippen molar-refractivity contribution >= 4 is 11.7 Å². The predicted molar refractivity (Wildman–Crippen MR) is 92.4 cm³/mol. The third-order valence-electron chi connectivity index (χ3n) is 4.86. The van der Waals surface area contributed by atoms with Crippen molar-refractivity contribution in [2.75, 3.05) is 44.8 Å². The molecule has 26 heavy (non-hydrogen) atoms. The first kappa shape index (κ1) is 16.9. The third-order valence-corrected chi connectivity index (χ3v) is 4.86. The van der Waals surface area contributed by atoms with Crippen molar-refractivity contribution in [3.05, 3.63) is 35.6 Å². The van der Waals surface area contributed by atoms with Crippen LogP contribution in [0.2, 0.25) is 0 Å². The van der Waals surface area contributed by atoms with Gasteiger partial charge in [-0.15, -0.1) is 0 Å². The second-order valence-corrected chi connectivity index (χ2v) is 6.91. The lowest BCUT2D eigenvalue weighted by molar-refractivity contribution is -1.02. The van der Waals surface area contributed by atoms with Gasteiger partial charge in [-0.1, -0.05) is 5.16 Å². The maximum atomic E-state index is 12.1. The van der Waals surface area contributed by atoms with Crippen LogP contribution in [-0.2, 0) is 11.3 Å². The van der Waals surface area contributed by atoms with Crippen molar-refractivity contribution in [3.8, 4) is 11.5 Å². The van der Waals surface area contributed by atoms with Crippen LogP contribution in [0, 0.1) is 6.92 Å². The zero-order valence-corrected chi connectivity index (χ0v) is 14.8. The van der Waals surface area contributed by atoms with Crippen molar-refractivity contribution in [2.24, 2.45) is 0 Å². The molecule has 0 radical (unpaired) electrons. The van der Waals surface area contributed by atoms with Crippen LogP contribution >= 0.6 is 0 Å². The van der Waals surface area contributed by atoms with Gasteiger partial charge in [-0.2, -0.15) is 0 Å². The van der Waals surface area contributed by atoms with Crippen molar-refractivity contribution in [1.29, 1.82) is 0 Å². The number of piperazine rings is 1. The van der Waals surface area contributed by atoms with E-state index in [9.17, 15) is 4.79 Å². The Morgan fingerprint density at radius 3 is 2.65 bits per heavy atom. The first-order chi connectivity index (χ1) is 12.7. The van der Waals surface area contributed by atoms with Crippen LogP contribution in [0.4, 0.5) is 5.82 Å². The number of hydrogen-bond acceptors (Lipinski definition) is 5.